The third-order valence-corrected chi connectivity index (χ3v) is 1.81. The van der Waals surface area contributed by atoms with Crippen LogP contribution in [0.25, 0.3) is 0 Å². The molecule has 4 amide bonds. The minimum absolute atomic E-state index is 0.262. The molecule has 1 fully saturated rings. The number of rotatable bonds is 3. The third-order valence-electron chi connectivity index (χ3n) is 1.81. The molecular formula is C9H10N2O3. The average Bonchev–Trinajstić information content (AvgIpc) is 2.09. The summed E-state index contributed by atoms with van der Waals surface area (Å²) in [7, 11) is 0. The molecule has 5 heteroatoms. The van der Waals surface area contributed by atoms with E-state index >= 15 is 0 Å². The number of nitrogens with zero attached hydrogens (tertiary/aromatic N) is 1. The fourth-order valence-electron chi connectivity index (χ4n) is 1.14. The SMILES string of the molecule is C#CCCCN1C(=O)CC(=O)NC1=O. The molecule has 74 valence electrons. The van der Waals surface area contributed by atoms with Gasteiger partial charge in [-0.05, 0) is 6.42 Å². The number of carbonyl (C=O) groups is 3. The lowest BCUT2D eigenvalue weighted by molar-refractivity contribution is -0.136. The number of imide groups is 2. The van der Waals surface area contributed by atoms with Gasteiger partial charge in [-0.1, -0.05) is 0 Å². The predicted molar refractivity (Wildman–Crippen MR) is 47.9 cm³/mol. The van der Waals surface area contributed by atoms with Gasteiger partial charge in [0.25, 0.3) is 0 Å². The summed E-state index contributed by atoms with van der Waals surface area (Å²) in [6, 6.07) is -0.650. The molecule has 0 aromatic rings. The van der Waals surface area contributed by atoms with E-state index in [1.165, 1.54) is 0 Å². The van der Waals surface area contributed by atoms with Crippen molar-refractivity contribution < 1.29 is 14.4 Å². The van der Waals surface area contributed by atoms with Crippen molar-refractivity contribution in [3.8, 4) is 12.3 Å². The van der Waals surface area contributed by atoms with Gasteiger partial charge >= 0.3 is 6.03 Å². The van der Waals surface area contributed by atoms with Crippen molar-refractivity contribution in [1.29, 1.82) is 0 Å². The summed E-state index contributed by atoms with van der Waals surface area (Å²) in [5.74, 6) is 1.40. The lowest BCUT2D eigenvalue weighted by Gasteiger charge is -2.24. The molecule has 0 radical (unpaired) electrons. The molecule has 1 heterocycles. The molecule has 0 spiro atoms. The molecule has 0 atom stereocenters. The van der Waals surface area contributed by atoms with Gasteiger partial charge in [0.1, 0.15) is 6.42 Å². The van der Waals surface area contributed by atoms with Crippen LogP contribution in [0.4, 0.5) is 4.79 Å². The van der Waals surface area contributed by atoms with E-state index in [1.807, 2.05) is 0 Å². The summed E-state index contributed by atoms with van der Waals surface area (Å²) in [6.45, 7) is 0.266. The van der Waals surface area contributed by atoms with Crippen LogP contribution in [-0.4, -0.2) is 29.3 Å². The van der Waals surface area contributed by atoms with Crippen LogP contribution >= 0.6 is 0 Å². The van der Waals surface area contributed by atoms with Gasteiger partial charge in [-0.3, -0.25) is 19.8 Å². The van der Waals surface area contributed by atoms with Gasteiger partial charge in [-0.2, -0.15) is 0 Å². The van der Waals surface area contributed by atoms with Crippen LogP contribution < -0.4 is 5.32 Å². The molecular weight excluding hydrogens is 184 g/mol. The van der Waals surface area contributed by atoms with Crippen molar-refractivity contribution in [3.05, 3.63) is 0 Å². The van der Waals surface area contributed by atoms with E-state index in [2.05, 4.69) is 11.2 Å². The Morgan fingerprint density at radius 2 is 2.14 bits per heavy atom. The molecule has 5 nitrogen and oxygen atoms in total. The van der Waals surface area contributed by atoms with Crippen molar-refractivity contribution in [2.45, 2.75) is 19.3 Å². The van der Waals surface area contributed by atoms with E-state index in [4.69, 9.17) is 6.42 Å². The minimum Gasteiger partial charge on any atom is -0.277 e. The van der Waals surface area contributed by atoms with Gasteiger partial charge < -0.3 is 0 Å². The van der Waals surface area contributed by atoms with E-state index in [0.29, 0.717) is 12.8 Å². The Morgan fingerprint density at radius 3 is 2.71 bits per heavy atom. The van der Waals surface area contributed by atoms with Gasteiger partial charge in [0.15, 0.2) is 0 Å². The van der Waals surface area contributed by atoms with Crippen molar-refractivity contribution >= 4 is 17.8 Å². The topological polar surface area (TPSA) is 66.5 Å². The number of carbonyl (C=O) groups excluding carboxylic acids is 3. The predicted octanol–water partition coefficient (Wildman–Crippen LogP) is -0.132. The lowest BCUT2D eigenvalue weighted by atomic mass is 10.2. The molecule has 0 unspecified atom stereocenters. The molecule has 1 N–H and O–H groups in total. The number of barbiturate groups is 1. The highest BCUT2D eigenvalue weighted by molar-refractivity contribution is 6.14. The number of hydrogen-bond acceptors (Lipinski definition) is 3. The van der Waals surface area contributed by atoms with Crippen LogP contribution in [0.3, 0.4) is 0 Å². The van der Waals surface area contributed by atoms with Crippen molar-refractivity contribution in [1.82, 2.24) is 10.2 Å². The molecule has 0 aromatic carbocycles. The normalized spacial score (nSPS) is 16.5. The molecule has 0 aliphatic carbocycles. The molecule has 0 aromatic heterocycles. The van der Waals surface area contributed by atoms with Crippen molar-refractivity contribution in [2.24, 2.45) is 0 Å². The van der Waals surface area contributed by atoms with Crippen LogP contribution in [0.5, 0.6) is 0 Å². The molecule has 0 saturated carbocycles. The van der Waals surface area contributed by atoms with E-state index in [-0.39, 0.29) is 13.0 Å². The van der Waals surface area contributed by atoms with Gasteiger partial charge in [0.2, 0.25) is 11.8 Å². The monoisotopic (exact) mass is 194 g/mol. The number of hydrogen-bond donors (Lipinski definition) is 1. The Morgan fingerprint density at radius 1 is 1.43 bits per heavy atom. The molecule has 14 heavy (non-hydrogen) atoms. The fourth-order valence-corrected chi connectivity index (χ4v) is 1.14. The lowest BCUT2D eigenvalue weighted by Crippen LogP contribution is -2.52. The number of unbranched alkanes of at least 4 members (excludes halogenated alkanes) is 1. The summed E-state index contributed by atoms with van der Waals surface area (Å²) in [5, 5.41) is 2.06. The first kappa shape index (κ1) is 10.3. The molecule has 0 bridgehead atoms. The average molecular weight is 194 g/mol. The van der Waals surface area contributed by atoms with Crippen LogP contribution in [0.1, 0.15) is 19.3 Å². The number of amides is 4. The van der Waals surface area contributed by atoms with Crippen LogP contribution in [0.2, 0.25) is 0 Å². The zero-order valence-electron chi connectivity index (χ0n) is 7.58. The number of urea groups is 1. The Bertz CT molecular complexity index is 297. The second kappa shape index (κ2) is 4.42. The highest BCUT2D eigenvalue weighted by atomic mass is 16.2. The first-order valence-corrected chi connectivity index (χ1v) is 4.23. The summed E-state index contributed by atoms with van der Waals surface area (Å²) in [5.41, 5.74) is 0. The van der Waals surface area contributed by atoms with E-state index in [9.17, 15) is 14.4 Å². The van der Waals surface area contributed by atoms with E-state index in [0.717, 1.165) is 4.90 Å². The summed E-state index contributed by atoms with van der Waals surface area (Å²) in [6.07, 6.45) is 5.83. The summed E-state index contributed by atoms with van der Waals surface area (Å²) >= 11 is 0. The molecule has 1 rings (SSSR count). The second-order valence-electron chi connectivity index (χ2n) is 2.88. The van der Waals surface area contributed by atoms with Gasteiger partial charge in [0.05, 0.1) is 0 Å². The highest BCUT2D eigenvalue weighted by Crippen LogP contribution is 2.04. The molecule has 1 aliphatic rings. The Hall–Kier alpha value is -1.83. The largest absolute Gasteiger partial charge is 0.330 e. The highest BCUT2D eigenvalue weighted by Gasteiger charge is 2.29. The zero-order chi connectivity index (χ0) is 10.6. The Balaban J connectivity index is 2.51. The smallest absolute Gasteiger partial charge is 0.277 e. The first-order valence-electron chi connectivity index (χ1n) is 4.23. The maximum atomic E-state index is 11.2. The quantitative estimate of drug-likeness (QED) is 0.386. The molecule has 1 saturated heterocycles. The van der Waals surface area contributed by atoms with Gasteiger partial charge in [0, 0.05) is 13.0 Å². The summed E-state index contributed by atoms with van der Waals surface area (Å²) < 4.78 is 0. The standard InChI is InChI=1S/C9H10N2O3/c1-2-3-4-5-11-8(13)6-7(12)10-9(11)14/h1H,3-6H2,(H,10,12,14). The maximum Gasteiger partial charge on any atom is 0.330 e. The van der Waals surface area contributed by atoms with Gasteiger partial charge in [-0.25, -0.2) is 4.79 Å². The zero-order valence-corrected chi connectivity index (χ0v) is 7.58. The maximum absolute atomic E-state index is 11.2. The van der Waals surface area contributed by atoms with E-state index in [1.54, 1.807) is 0 Å². The van der Waals surface area contributed by atoms with Crippen LogP contribution in [0.15, 0.2) is 0 Å². The fraction of sp³-hybridized carbons (Fsp3) is 0.444. The minimum atomic E-state index is -0.650. The number of nitrogens with one attached hydrogen (secondary N) is 1. The van der Waals surface area contributed by atoms with E-state index < -0.39 is 17.8 Å². The Kier molecular flexibility index (Phi) is 3.24. The Labute approximate surface area is 81.4 Å². The number of terminal acetylenes is 1. The van der Waals surface area contributed by atoms with Crippen LogP contribution in [-0.2, 0) is 9.59 Å². The van der Waals surface area contributed by atoms with Gasteiger partial charge in [-0.15, -0.1) is 12.3 Å². The summed E-state index contributed by atoms with van der Waals surface area (Å²) in [4.78, 5) is 34.1. The van der Waals surface area contributed by atoms with Crippen LogP contribution in [0, 0.1) is 12.3 Å². The first-order chi connectivity index (χ1) is 6.65. The third kappa shape index (κ3) is 2.33. The van der Waals surface area contributed by atoms with Crippen molar-refractivity contribution in [2.75, 3.05) is 6.54 Å². The van der Waals surface area contributed by atoms with Crippen molar-refractivity contribution in [3.63, 3.8) is 0 Å². The second-order valence-corrected chi connectivity index (χ2v) is 2.88. The molecule has 1 aliphatic heterocycles.